The van der Waals surface area contributed by atoms with Gasteiger partial charge < -0.3 is 14.5 Å². The number of amides is 2. The van der Waals surface area contributed by atoms with Crippen LogP contribution in [-0.4, -0.2) is 54.1 Å². The van der Waals surface area contributed by atoms with Crippen LogP contribution in [0.3, 0.4) is 0 Å². The number of halogens is 2. The highest BCUT2D eigenvalue weighted by Crippen LogP contribution is 2.23. The molecule has 5 nitrogen and oxygen atoms in total. The van der Waals surface area contributed by atoms with Gasteiger partial charge in [-0.3, -0.25) is 4.79 Å². The molecule has 0 radical (unpaired) electrons. The Bertz CT molecular complexity index is 667. The summed E-state index contributed by atoms with van der Waals surface area (Å²) < 4.78 is 19.6. The first-order valence-electron chi connectivity index (χ1n) is 8.75. The minimum Gasteiger partial charge on any atom is -0.444 e. The molecule has 0 bridgehead atoms. The van der Waals surface area contributed by atoms with Gasteiger partial charge in [0, 0.05) is 30.3 Å². The first kappa shape index (κ1) is 20.9. The maximum atomic E-state index is 13.4. The van der Waals surface area contributed by atoms with Crippen LogP contribution >= 0.6 is 22.6 Å². The zero-order chi connectivity index (χ0) is 19.5. The average Bonchev–Trinajstić information content (AvgIpc) is 2.55. The van der Waals surface area contributed by atoms with Crippen LogP contribution in [0.4, 0.5) is 9.18 Å². The van der Waals surface area contributed by atoms with Gasteiger partial charge in [0.15, 0.2) is 0 Å². The monoisotopic (exact) mass is 476 g/mol. The Labute approximate surface area is 168 Å². The van der Waals surface area contributed by atoms with Crippen molar-refractivity contribution in [3.05, 3.63) is 33.1 Å². The minimum absolute atomic E-state index is 0.132. The Kier molecular flexibility index (Phi) is 6.87. The van der Waals surface area contributed by atoms with E-state index in [0.29, 0.717) is 31.1 Å². The van der Waals surface area contributed by atoms with Gasteiger partial charge in [-0.05, 0) is 80.3 Å². The van der Waals surface area contributed by atoms with Crippen LogP contribution in [0.2, 0.25) is 0 Å². The first-order chi connectivity index (χ1) is 12.1. The molecule has 0 saturated carbocycles. The fraction of sp³-hybridized carbons (Fsp3) is 0.579. The number of ether oxygens (including phenoxy) is 1. The molecule has 0 atom stereocenters. The number of hydrogen-bond donors (Lipinski definition) is 0. The SMILES string of the molecule is CN(CC1CCN(C(=O)c2cc(F)ccc2I)CC1)C(=O)OC(C)(C)C. The van der Waals surface area contributed by atoms with Crippen LogP contribution in [0.5, 0.6) is 0 Å². The van der Waals surface area contributed by atoms with Crippen molar-refractivity contribution in [2.24, 2.45) is 5.92 Å². The molecule has 1 fully saturated rings. The smallest absolute Gasteiger partial charge is 0.410 e. The van der Waals surface area contributed by atoms with Crippen LogP contribution in [-0.2, 0) is 4.74 Å². The highest BCUT2D eigenvalue weighted by molar-refractivity contribution is 14.1. The molecule has 1 aromatic rings. The van der Waals surface area contributed by atoms with E-state index >= 15 is 0 Å². The summed E-state index contributed by atoms with van der Waals surface area (Å²) in [5.74, 6) is -0.210. The van der Waals surface area contributed by atoms with E-state index in [2.05, 4.69) is 22.6 Å². The van der Waals surface area contributed by atoms with Gasteiger partial charge in [0.25, 0.3) is 5.91 Å². The number of benzene rings is 1. The summed E-state index contributed by atoms with van der Waals surface area (Å²) in [5.41, 5.74) is -0.0987. The lowest BCUT2D eigenvalue weighted by molar-refractivity contribution is 0.0246. The summed E-state index contributed by atoms with van der Waals surface area (Å²) in [7, 11) is 1.74. The lowest BCUT2D eigenvalue weighted by Gasteiger charge is -2.34. The van der Waals surface area contributed by atoms with Crippen LogP contribution < -0.4 is 0 Å². The molecule has 2 rings (SSSR count). The molecule has 0 aromatic heterocycles. The van der Waals surface area contributed by atoms with Crippen LogP contribution in [0.15, 0.2) is 18.2 Å². The molecule has 1 heterocycles. The number of hydrogen-bond acceptors (Lipinski definition) is 3. The van der Waals surface area contributed by atoms with Crippen molar-refractivity contribution in [3.63, 3.8) is 0 Å². The van der Waals surface area contributed by atoms with Gasteiger partial charge in [-0.15, -0.1) is 0 Å². The number of piperidine rings is 1. The van der Waals surface area contributed by atoms with E-state index in [0.717, 1.165) is 16.4 Å². The highest BCUT2D eigenvalue weighted by atomic mass is 127. The second-order valence-corrected chi connectivity index (χ2v) is 8.88. The van der Waals surface area contributed by atoms with E-state index in [1.54, 1.807) is 22.9 Å². The van der Waals surface area contributed by atoms with Crippen molar-refractivity contribution >= 4 is 34.6 Å². The number of carbonyl (C=O) groups excluding carboxylic acids is 2. The van der Waals surface area contributed by atoms with E-state index in [4.69, 9.17) is 4.74 Å². The van der Waals surface area contributed by atoms with E-state index in [1.165, 1.54) is 12.1 Å². The van der Waals surface area contributed by atoms with Crippen molar-refractivity contribution in [1.29, 1.82) is 0 Å². The van der Waals surface area contributed by atoms with Gasteiger partial charge in [-0.25, -0.2) is 9.18 Å². The molecule has 1 saturated heterocycles. The van der Waals surface area contributed by atoms with E-state index < -0.39 is 11.4 Å². The third-order valence-corrected chi connectivity index (χ3v) is 5.24. The zero-order valence-electron chi connectivity index (χ0n) is 15.7. The summed E-state index contributed by atoms with van der Waals surface area (Å²) in [6.07, 6.45) is 1.29. The van der Waals surface area contributed by atoms with Gasteiger partial charge in [-0.1, -0.05) is 0 Å². The van der Waals surface area contributed by atoms with Crippen molar-refractivity contribution in [3.8, 4) is 0 Å². The van der Waals surface area contributed by atoms with Gasteiger partial charge in [-0.2, -0.15) is 0 Å². The Morgan fingerprint density at radius 3 is 2.50 bits per heavy atom. The Balaban J connectivity index is 1.88. The second kappa shape index (κ2) is 8.54. The maximum absolute atomic E-state index is 13.4. The summed E-state index contributed by atoms with van der Waals surface area (Å²) in [6.45, 7) is 7.36. The summed E-state index contributed by atoms with van der Waals surface area (Å²) >= 11 is 2.05. The van der Waals surface area contributed by atoms with Gasteiger partial charge >= 0.3 is 6.09 Å². The van der Waals surface area contributed by atoms with Crippen molar-refractivity contribution in [2.75, 3.05) is 26.7 Å². The number of nitrogens with zero attached hydrogens (tertiary/aromatic N) is 2. The minimum atomic E-state index is -0.511. The quantitative estimate of drug-likeness (QED) is 0.617. The van der Waals surface area contributed by atoms with Crippen LogP contribution in [0, 0.1) is 15.3 Å². The molecule has 7 heteroatoms. The Morgan fingerprint density at radius 1 is 1.31 bits per heavy atom. The molecule has 1 aromatic carbocycles. The zero-order valence-corrected chi connectivity index (χ0v) is 17.9. The van der Waals surface area contributed by atoms with E-state index in [1.807, 2.05) is 20.8 Å². The van der Waals surface area contributed by atoms with Gasteiger partial charge in [0.05, 0.1) is 5.56 Å². The molecule has 0 unspecified atom stereocenters. The molecular weight excluding hydrogens is 450 g/mol. The molecule has 144 valence electrons. The molecular formula is C19H26FIN2O3. The van der Waals surface area contributed by atoms with Crippen molar-refractivity contribution in [2.45, 2.75) is 39.2 Å². The molecule has 0 aliphatic carbocycles. The predicted molar refractivity (Wildman–Crippen MR) is 107 cm³/mol. The van der Waals surface area contributed by atoms with Crippen molar-refractivity contribution < 1.29 is 18.7 Å². The second-order valence-electron chi connectivity index (χ2n) is 7.72. The predicted octanol–water partition coefficient (Wildman–Crippen LogP) is 4.15. The van der Waals surface area contributed by atoms with Gasteiger partial charge in [0.1, 0.15) is 11.4 Å². The maximum Gasteiger partial charge on any atom is 0.410 e. The summed E-state index contributed by atoms with van der Waals surface area (Å²) in [6, 6.07) is 4.27. The van der Waals surface area contributed by atoms with Crippen molar-refractivity contribution in [1.82, 2.24) is 9.80 Å². The Hall–Kier alpha value is -1.38. The summed E-state index contributed by atoms with van der Waals surface area (Å²) in [4.78, 5) is 28.1. The third-order valence-electron chi connectivity index (χ3n) is 4.30. The molecule has 1 aliphatic rings. The molecule has 1 aliphatic heterocycles. The highest BCUT2D eigenvalue weighted by Gasteiger charge is 2.27. The average molecular weight is 476 g/mol. The van der Waals surface area contributed by atoms with Crippen LogP contribution in [0.1, 0.15) is 44.0 Å². The standard InChI is InChI=1S/C19H26FIN2O3/c1-19(2,3)26-18(25)22(4)12-13-7-9-23(10-8-13)17(24)15-11-14(20)5-6-16(15)21/h5-6,11,13H,7-10,12H2,1-4H3. The summed E-state index contributed by atoms with van der Waals surface area (Å²) in [5, 5.41) is 0. The molecule has 2 amide bonds. The lowest BCUT2D eigenvalue weighted by Crippen LogP contribution is -2.43. The Morgan fingerprint density at radius 2 is 1.92 bits per heavy atom. The normalized spacial score (nSPS) is 15.7. The lowest BCUT2D eigenvalue weighted by atomic mass is 9.96. The number of rotatable bonds is 3. The molecule has 0 N–H and O–H groups in total. The van der Waals surface area contributed by atoms with E-state index in [9.17, 15) is 14.0 Å². The molecule has 26 heavy (non-hydrogen) atoms. The first-order valence-corrected chi connectivity index (χ1v) is 9.83. The third kappa shape index (κ3) is 5.82. The number of carbonyl (C=O) groups is 2. The fourth-order valence-corrected chi connectivity index (χ4v) is 3.52. The van der Waals surface area contributed by atoms with Gasteiger partial charge in [0.2, 0.25) is 0 Å². The fourth-order valence-electron chi connectivity index (χ4n) is 2.95. The topological polar surface area (TPSA) is 49.9 Å². The molecule has 0 spiro atoms. The van der Waals surface area contributed by atoms with Crippen LogP contribution in [0.25, 0.3) is 0 Å². The number of likely N-dealkylation sites (tertiary alicyclic amines) is 1. The largest absolute Gasteiger partial charge is 0.444 e. The van der Waals surface area contributed by atoms with E-state index in [-0.39, 0.29) is 12.0 Å².